The summed E-state index contributed by atoms with van der Waals surface area (Å²) in [6.07, 6.45) is 2.22. The Morgan fingerprint density at radius 1 is 1.11 bits per heavy atom. The minimum absolute atomic E-state index is 0.0592. The lowest BCUT2D eigenvalue weighted by atomic mass is 10.1. The highest BCUT2D eigenvalue weighted by Gasteiger charge is 2.34. The van der Waals surface area contributed by atoms with E-state index in [2.05, 4.69) is 15.7 Å². The molecule has 2 heterocycles. The number of nitrogens with one attached hydrogen (secondary N) is 2. The molecule has 144 valence electrons. The molecule has 7 nitrogen and oxygen atoms in total. The Labute approximate surface area is 166 Å². The van der Waals surface area contributed by atoms with Gasteiger partial charge in [-0.05, 0) is 43.3 Å². The molecule has 1 aliphatic carbocycles. The number of carbonyl (C=O) groups excluding carboxylic acids is 3. The maximum absolute atomic E-state index is 12.8. The van der Waals surface area contributed by atoms with Gasteiger partial charge in [-0.3, -0.25) is 19.4 Å². The summed E-state index contributed by atoms with van der Waals surface area (Å²) in [4.78, 5) is 37.2. The van der Waals surface area contributed by atoms with Gasteiger partial charge in [0.25, 0.3) is 11.8 Å². The van der Waals surface area contributed by atoms with E-state index in [1.54, 1.807) is 16.5 Å². The van der Waals surface area contributed by atoms with Gasteiger partial charge >= 0.3 is 0 Å². The molecule has 0 radical (unpaired) electrons. The second-order valence-electron chi connectivity index (χ2n) is 6.92. The standard InChI is InChI=1S/C20H20N4O3S/c1-12(25)17-11-16(23-24(17)14-5-3-2-4-6-14)19(27)22-20-15(9-10-28-20)18(26)21-13-7-8-13/h2-6,9-10,13,17H,7-8,11H2,1H3,(H,21,26)(H,22,27). The fourth-order valence-electron chi connectivity index (χ4n) is 3.03. The number of para-hydroxylation sites is 1. The zero-order valence-corrected chi connectivity index (χ0v) is 16.2. The zero-order chi connectivity index (χ0) is 19.7. The van der Waals surface area contributed by atoms with Crippen LogP contribution < -0.4 is 15.6 Å². The molecule has 2 aliphatic rings. The summed E-state index contributed by atoms with van der Waals surface area (Å²) in [5.41, 5.74) is 1.48. The highest BCUT2D eigenvalue weighted by molar-refractivity contribution is 7.14. The van der Waals surface area contributed by atoms with Crippen molar-refractivity contribution < 1.29 is 14.4 Å². The Kier molecular flexibility index (Phi) is 4.95. The van der Waals surface area contributed by atoms with Crippen LogP contribution in [0.25, 0.3) is 0 Å². The Balaban J connectivity index is 1.51. The van der Waals surface area contributed by atoms with Crippen molar-refractivity contribution in [2.24, 2.45) is 5.10 Å². The van der Waals surface area contributed by atoms with Crippen molar-refractivity contribution in [3.63, 3.8) is 0 Å². The molecule has 2 aromatic rings. The van der Waals surface area contributed by atoms with Crippen LogP contribution in [-0.4, -0.2) is 35.4 Å². The van der Waals surface area contributed by atoms with Crippen LogP contribution in [0, 0.1) is 0 Å². The quantitative estimate of drug-likeness (QED) is 0.786. The summed E-state index contributed by atoms with van der Waals surface area (Å²) in [5, 5.41) is 14.0. The molecule has 2 N–H and O–H groups in total. The molecule has 1 fully saturated rings. The monoisotopic (exact) mass is 396 g/mol. The first kappa shape index (κ1) is 18.4. The van der Waals surface area contributed by atoms with Gasteiger partial charge < -0.3 is 10.6 Å². The summed E-state index contributed by atoms with van der Waals surface area (Å²) in [6.45, 7) is 1.50. The summed E-state index contributed by atoms with van der Waals surface area (Å²) < 4.78 is 0. The Morgan fingerprint density at radius 3 is 2.54 bits per heavy atom. The van der Waals surface area contributed by atoms with Gasteiger partial charge in [-0.25, -0.2) is 0 Å². The third-order valence-corrected chi connectivity index (χ3v) is 5.54. The maximum atomic E-state index is 12.8. The minimum atomic E-state index is -0.510. The number of benzene rings is 1. The van der Waals surface area contributed by atoms with Gasteiger partial charge in [-0.1, -0.05) is 18.2 Å². The number of anilines is 2. The van der Waals surface area contributed by atoms with Gasteiger partial charge in [0.1, 0.15) is 16.8 Å². The third-order valence-electron chi connectivity index (χ3n) is 4.71. The van der Waals surface area contributed by atoms with Crippen molar-refractivity contribution in [1.82, 2.24) is 5.32 Å². The van der Waals surface area contributed by atoms with E-state index in [9.17, 15) is 14.4 Å². The molecule has 1 aromatic carbocycles. The number of Topliss-reactive ketones (excluding diaryl/α,β-unsaturated/α-hetero) is 1. The summed E-state index contributed by atoms with van der Waals surface area (Å²) >= 11 is 1.29. The first-order valence-corrected chi connectivity index (χ1v) is 10.0. The number of ketones is 1. The molecule has 28 heavy (non-hydrogen) atoms. The number of hydrogen-bond acceptors (Lipinski definition) is 6. The third kappa shape index (κ3) is 3.82. The SMILES string of the molecule is CC(=O)C1CC(C(=O)Nc2sccc2C(=O)NC2CC2)=NN1c1ccccc1. The van der Waals surface area contributed by atoms with Gasteiger partial charge in [0, 0.05) is 12.5 Å². The van der Waals surface area contributed by atoms with E-state index in [0.29, 0.717) is 10.6 Å². The number of thiophene rings is 1. The minimum Gasteiger partial charge on any atom is -0.349 e. The van der Waals surface area contributed by atoms with E-state index < -0.39 is 11.9 Å². The largest absolute Gasteiger partial charge is 0.349 e. The van der Waals surface area contributed by atoms with Gasteiger partial charge in [-0.15, -0.1) is 11.3 Å². The lowest BCUT2D eigenvalue weighted by molar-refractivity contribution is -0.118. The highest BCUT2D eigenvalue weighted by atomic mass is 32.1. The van der Waals surface area contributed by atoms with Crippen LogP contribution in [-0.2, 0) is 9.59 Å². The van der Waals surface area contributed by atoms with Gasteiger partial charge in [-0.2, -0.15) is 5.10 Å². The van der Waals surface area contributed by atoms with E-state index in [0.717, 1.165) is 18.5 Å². The number of carbonyl (C=O) groups is 3. The molecular weight excluding hydrogens is 376 g/mol. The summed E-state index contributed by atoms with van der Waals surface area (Å²) in [6, 6.07) is 10.7. The molecule has 0 spiro atoms. The van der Waals surface area contributed by atoms with E-state index in [1.807, 2.05) is 30.3 Å². The van der Waals surface area contributed by atoms with Crippen molar-refractivity contribution in [3.8, 4) is 0 Å². The molecule has 1 aromatic heterocycles. The lowest BCUT2D eigenvalue weighted by Gasteiger charge is -2.20. The topological polar surface area (TPSA) is 90.9 Å². The number of amides is 2. The van der Waals surface area contributed by atoms with E-state index in [-0.39, 0.29) is 29.9 Å². The van der Waals surface area contributed by atoms with Crippen LogP contribution in [0.2, 0.25) is 0 Å². The highest BCUT2D eigenvalue weighted by Crippen LogP contribution is 2.28. The molecule has 1 saturated carbocycles. The first-order valence-electron chi connectivity index (χ1n) is 9.15. The average molecular weight is 396 g/mol. The number of rotatable bonds is 6. The van der Waals surface area contributed by atoms with Crippen LogP contribution in [0.3, 0.4) is 0 Å². The fourth-order valence-corrected chi connectivity index (χ4v) is 3.81. The summed E-state index contributed by atoms with van der Waals surface area (Å²) in [7, 11) is 0. The molecular formula is C20H20N4O3S. The molecule has 1 atom stereocenters. The van der Waals surface area contributed by atoms with E-state index in [4.69, 9.17) is 0 Å². The molecule has 1 unspecified atom stereocenters. The Hall–Kier alpha value is -3.00. The van der Waals surface area contributed by atoms with Crippen LogP contribution in [0.4, 0.5) is 10.7 Å². The molecule has 8 heteroatoms. The molecule has 1 aliphatic heterocycles. The number of hydrazone groups is 1. The van der Waals surface area contributed by atoms with Crippen molar-refractivity contribution in [1.29, 1.82) is 0 Å². The second kappa shape index (κ2) is 7.55. The molecule has 4 rings (SSSR count). The van der Waals surface area contributed by atoms with Crippen molar-refractivity contribution in [3.05, 3.63) is 47.3 Å². The molecule has 0 saturated heterocycles. The number of hydrogen-bond donors (Lipinski definition) is 2. The van der Waals surface area contributed by atoms with Crippen LogP contribution in [0.5, 0.6) is 0 Å². The Bertz CT molecular complexity index is 949. The maximum Gasteiger partial charge on any atom is 0.272 e. The fraction of sp³-hybridized carbons (Fsp3) is 0.300. The smallest absolute Gasteiger partial charge is 0.272 e. The predicted molar refractivity (Wildman–Crippen MR) is 109 cm³/mol. The van der Waals surface area contributed by atoms with E-state index >= 15 is 0 Å². The predicted octanol–water partition coefficient (Wildman–Crippen LogP) is 2.80. The summed E-state index contributed by atoms with van der Waals surface area (Å²) in [5.74, 6) is -0.636. The van der Waals surface area contributed by atoms with Gasteiger partial charge in [0.05, 0.1) is 11.3 Å². The van der Waals surface area contributed by atoms with Crippen LogP contribution in [0.1, 0.15) is 36.5 Å². The van der Waals surface area contributed by atoms with Crippen molar-refractivity contribution >= 4 is 45.3 Å². The lowest BCUT2D eigenvalue weighted by Crippen LogP contribution is -2.33. The van der Waals surface area contributed by atoms with Crippen LogP contribution in [0.15, 0.2) is 46.9 Å². The zero-order valence-electron chi connectivity index (χ0n) is 15.3. The first-order chi connectivity index (χ1) is 13.5. The average Bonchev–Trinajstić information content (AvgIpc) is 3.20. The normalized spacial score (nSPS) is 18.5. The van der Waals surface area contributed by atoms with Crippen molar-refractivity contribution in [2.45, 2.75) is 38.3 Å². The molecule has 0 bridgehead atoms. The van der Waals surface area contributed by atoms with Gasteiger partial charge in [0.2, 0.25) is 0 Å². The van der Waals surface area contributed by atoms with Gasteiger partial charge in [0.15, 0.2) is 5.78 Å². The Morgan fingerprint density at radius 2 is 1.86 bits per heavy atom. The second-order valence-corrected chi connectivity index (χ2v) is 7.84. The number of nitrogens with zero attached hydrogens (tertiary/aromatic N) is 2. The van der Waals surface area contributed by atoms with Crippen LogP contribution >= 0.6 is 11.3 Å². The van der Waals surface area contributed by atoms with E-state index in [1.165, 1.54) is 18.3 Å². The van der Waals surface area contributed by atoms with Crippen molar-refractivity contribution in [2.75, 3.05) is 10.3 Å². The molecule has 2 amide bonds.